The highest BCUT2D eigenvalue weighted by Crippen LogP contribution is 2.56. The van der Waals surface area contributed by atoms with Crippen molar-refractivity contribution in [2.24, 2.45) is 0 Å². The zero-order valence-electron chi connectivity index (χ0n) is 79.9. The Bertz CT molecular complexity index is 8880. The summed E-state index contributed by atoms with van der Waals surface area (Å²) < 4.78 is 15.9. The van der Waals surface area contributed by atoms with Gasteiger partial charge in [0.25, 0.3) is 0 Å². The van der Waals surface area contributed by atoms with E-state index in [1.54, 1.807) is 0 Å². The highest BCUT2D eigenvalue weighted by atomic mass is 32.1. The molecule has 0 spiro atoms. The van der Waals surface area contributed by atoms with Gasteiger partial charge >= 0.3 is 0 Å². The topological polar surface area (TPSA) is 142 Å². The summed E-state index contributed by atoms with van der Waals surface area (Å²) in [6.45, 7) is 14.0. The van der Waals surface area contributed by atoms with Crippen molar-refractivity contribution >= 4 is 75.4 Å². The number of hydrogen-bond donors (Lipinski definition) is 0. The molecule has 0 atom stereocenters. The van der Waals surface area contributed by atoms with Crippen molar-refractivity contribution in [1.82, 2.24) is 44.9 Å². The lowest BCUT2D eigenvalue weighted by molar-refractivity contribution is 0.660. The van der Waals surface area contributed by atoms with Crippen molar-refractivity contribution < 1.29 is 8.83 Å². The number of rotatable bonds is 13. The van der Waals surface area contributed by atoms with E-state index in [0.717, 1.165) is 127 Å². The molecular weight excluding hydrogens is 1780 g/mol. The number of benzene rings is 19. The zero-order valence-corrected chi connectivity index (χ0v) is 80.7. The molecule has 3 aliphatic rings. The molecule has 6 aromatic heterocycles. The van der Waals surface area contributed by atoms with Gasteiger partial charge in [0.1, 0.15) is 22.3 Å². The van der Waals surface area contributed by atoms with Crippen LogP contribution in [0.25, 0.3) is 244 Å². The highest BCUT2D eigenvalue weighted by molar-refractivity contribution is 7.26. The average Bonchev–Trinajstić information content (AvgIpc) is 1.57. The quantitative estimate of drug-likeness (QED) is 0.109. The van der Waals surface area contributed by atoms with Gasteiger partial charge in [0, 0.05) is 125 Å². The fraction of sp³-hybridized carbons (Fsp3) is 0.0682. The summed E-state index contributed by atoms with van der Waals surface area (Å²) in [6.07, 6.45) is 0. The Morgan fingerprint density at radius 1 is 0.174 bits per heavy atom. The van der Waals surface area contributed by atoms with E-state index in [4.69, 9.17) is 53.7 Å². The molecule has 0 saturated carbocycles. The van der Waals surface area contributed by atoms with E-state index in [-0.39, 0.29) is 16.2 Å². The first kappa shape index (κ1) is 86.4. The van der Waals surface area contributed by atoms with Crippen LogP contribution in [0.15, 0.2) is 452 Å². The predicted octanol–water partition coefficient (Wildman–Crippen LogP) is 34.4. The Morgan fingerprint density at radius 3 is 0.806 bits per heavy atom. The number of furan rings is 2. The number of hydrogen-bond acceptors (Lipinski definition) is 12. The third-order valence-electron chi connectivity index (χ3n) is 29.3. The van der Waals surface area contributed by atoms with E-state index >= 15 is 0 Å². The lowest BCUT2D eigenvalue weighted by Crippen LogP contribution is -2.14. The maximum absolute atomic E-state index is 6.69. The standard InChI is InChI=1S/C48H33N3O.C42H29N3O.C42H29N3S/c1-48(2)40-19-11-9-17-35(40)36-26-25-34(29-41(36)48)30-21-23-31(24-22-30)43-39(28-27-38-37-18-10-12-20-42(37)52-44(38)43)47-50-45(32-13-5-3-6-14-32)49-46(51-47)33-15-7-4-8-16-33;2*1-42(2)34-19-11-9-17-29(34)30-22-21-28(25-35(30)42)37-33(24-23-32-31-18-10-12-20-36(31)46-38(32)37)41-44-39(26-13-5-3-6-14-26)43-40(45-41)27-15-7-4-8-16-27/h3-29H,1-2H3;2*3-25H,1-2H3. The van der Waals surface area contributed by atoms with Gasteiger partial charge in [-0.3, -0.25) is 0 Å². The molecule has 0 amide bonds. The van der Waals surface area contributed by atoms with E-state index in [9.17, 15) is 0 Å². The van der Waals surface area contributed by atoms with E-state index in [1.807, 2.05) is 193 Å². The van der Waals surface area contributed by atoms with Crippen LogP contribution in [0, 0.1) is 0 Å². The summed E-state index contributed by atoms with van der Waals surface area (Å²) in [5, 5.41) is 6.81. The van der Waals surface area contributed by atoms with Crippen LogP contribution in [0.5, 0.6) is 0 Å². The molecular formula is C132H91N9O2S. The summed E-state index contributed by atoms with van der Waals surface area (Å²) in [4.78, 5) is 45.6. The summed E-state index contributed by atoms with van der Waals surface area (Å²) in [7, 11) is 0. The second-order valence-electron chi connectivity index (χ2n) is 38.9. The van der Waals surface area contributed by atoms with Crippen LogP contribution in [-0.4, -0.2) is 44.9 Å². The largest absolute Gasteiger partial charge is 0.455 e. The second kappa shape index (κ2) is 34.8. The molecule has 144 heavy (non-hydrogen) atoms. The summed E-state index contributed by atoms with van der Waals surface area (Å²) in [5.74, 6) is 5.70. The molecule has 28 rings (SSSR count). The van der Waals surface area contributed by atoms with Gasteiger partial charge in [-0.05, 0) is 161 Å². The van der Waals surface area contributed by atoms with Crippen molar-refractivity contribution in [3.8, 4) is 180 Å². The SMILES string of the molecule is CC1(C)c2ccccc2-c2ccc(-c3c(-c4nc(-c5ccccc5)nc(-c5ccccc5)n4)ccc4c3oc3ccccc34)cc21.CC1(C)c2ccccc2-c2ccc(-c3c(-c4nc(-c5ccccc5)nc(-c5ccccc5)n4)ccc4c3sc3ccccc34)cc21.CC1(C)c2ccccc2-c2ccc(-c3ccc(-c4c(-c5nc(-c6ccccc6)nc(-c6ccccc6)n5)ccc5c4oc4ccccc45)cc3)cc21. The van der Waals surface area contributed by atoms with Gasteiger partial charge in [-0.1, -0.05) is 418 Å². The maximum Gasteiger partial charge on any atom is 0.164 e. The van der Waals surface area contributed by atoms with Crippen molar-refractivity contribution in [2.45, 2.75) is 57.8 Å². The van der Waals surface area contributed by atoms with Gasteiger partial charge in [-0.15, -0.1) is 11.3 Å². The molecule has 0 saturated heterocycles. The average molecular weight is 1870 g/mol. The van der Waals surface area contributed by atoms with Crippen molar-refractivity contribution in [2.75, 3.05) is 0 Å². The fourth-order valence-electron chi connectivity index (χ4n) is 22.0. The molecule has 3 aliphatic carbocycles. The number of thiophene rings is 1. The summed E-state index contributed by atoms with van der Waals surface area (Å²) in [5.41, 5.74) is 36.2. The van der Waals surface area contributed by atoms with Crippen LogP contribution in [0.3, 0.4) is 0 Å². The third kappa shape index (κ3) is 14.8. The van der Waals surface area contributed by atoms with Crippen LogP contribution >= 0.6 is 11.3 Å². The van der Waals surface area contributed by atoms with Crippen LogP contribution in [0.4, 0.5) is 0 Å². The Hall–Kier alpha value is -18.0. The van der Waals surface area contributed by atoms with E-state index < -0.39 is 0 Å². The van der Waals surface area contributed by atoms with Gasteiger partial charge in [-0.2, -0.15) is 0 Å². The number of para-hydroxylation sites is 2. The Morgan fingerprint density at radius 2 is 0.431 bits per heavy atom. The summed E-state index contributed by atoms with van der Waals surface area (Å²) >= 11 is 1.84. The number of nitrogens with zero attached hydrogens (tertiary/aromatic N) is 9. The minimum absolute atomic E-state index is 0.0601. The molecule has 12 heteroatoms. The molecule has 0 N–H and O–H groups in total. The van der Waals surface area contributed by atoms with E-state index in [1.165, 1.54) is 98.1 Å². The molecule has 25 aromatic rings. The highest BCUT2D eigenvalue weighted by Gasteiger charge is 2.40. The lowest BCUT2D eigenvalue weighted by atomic mass is 9.81. The molecule has 0 bridgehead atoms. The van der Waals surface area contributed by atoms with Crippen molar-refractivity contribution in [3.63, 3.8) is 0 Å². The smallest absolute Gasteiger partial charge is 0.164 e. The Balaban J connectivity index is 0.000000110. The van der Waals surface area contributed by atoms with Crippen molar-refractivity contribution in [1.29, 1.82) is 0 Å². The van der Waals surface area contributed by atoms with Gasteiger partial charge in [0.2, 0.25) is 0 Å². The van der Waals surface area contributed by atoms with Crippen LogP contribution in [0.2, 0.25) is 0 Å². The zero-order chi connectivity index (χ0) is 96.5. The third-order valence-corrected chi connectivity index (χ3v) is 30.5. The minimum atomic E-state index is -0.141. The Labute approximate surface area is 837 Å². The first-order valence-electron chi connectivity index (χ1n) is 48.9. The van der Waals surface area contributed by atoms with Gasteiger partial charge in [0.15, 0.2) is 52.4 Å². The molecule has 0 unspecified atom stereocenters. The lowest BCUT2D eigenvalue weighted by Gasteiger charge is -2.22. The number of fused-ring (bicyclic) bond motifs is 18. The molecule has 0 aliphatic heterocycles. The number of aromatic nitrogens is 9. The molecule has 19 aromatic carbocycles. The van der Waals surface area contributed by atoms with Crippen molar-refractivity contribution in [3.05, 3.63) is 476 Å². The fourth-order valence-corrected chi connectivity index (χ4v) is 23.3. The molecule has 0 fully saturated rings. The predicted molar refractivity (Wildman–Crippen MR) is 590 cm³/mol. The van der Waals surface area contributed by atoms with E-state index in [2.05, 4.69) is 302 Å². The van der Waals surface area contributed by atoms with Gasteiger partial charge in [-0.25, -0.2) is 44.9 Å². The first-order valence-corrected chi connectivity index (χ1v) is 49.8. The monoisotopic (exact) mass is 1870 g/mol. The van der Waals surface area contributed by atoms with Crippen LogP contribution in [0.1, 0.15) is 74.9 Å². The minimum Gasteiger partial charge on any atom is -0.455 e. The Kier molecular flexibility index (Phi) is 20.9. The van der Waals surface area contributed by atoms with Gasteiger partial charge in [0.05, 0.1) is 0 Å². The molecule has 0 radical (unpaired) electrons. The maximum atomic E-state index is 6.69. The first-order chi connectivity index (χ1) is 70.6. The van der Waals surface area contributed by atoms with Gasteiger partial charge < -0.3 is 8.83 Å². The van der Waals surface area contributed by atoms with Crippen LogP contribution in [-0.2, 0) is 16.2 Å². The van der Waals surface area contributed by atoms with Crippen LogP contribution < -0.4 is 0 Å². The second-order valence-corrected chi connectivity index (χ2v) is 39.9. The summed E-state index contributed by atoms with van der Waals surface area (Å²) in [6, 6.07) is 155. The van der Waals surface area contributed by atoms with E-state index in [0.29, 0.717) is 52.4 Å². The molecule has 6 heterocycles. The normalized spacial score (nSPS) is 13.1. The molecule has 682 valence electrons. The molecule has 11 nitrogen and oxygen atoms in total.